The van der Waals surface area contributed by atoms with Gasteiger partial charge in [0.1, 0.15) is 6.10 Å². The molecule has 1 unspecified atom stereocenters. The van der Waals surface area contributed by atoms with Crippen LogP contribution in [0.5, 0.6) is 0 Å². The molecule has 0 aliphatic heterocycles. The molecule has 0 saturated carbocycles. The number of aliphatic hydroxyl groups excluding tert-OH is 1. The summed E-state index contributed by atoms with van der Waals surface area (Å²) in [7, 11) is 0. The molecule has 0 aliphatic carbocycles. The maximum absolute atomic E-state index is 10.1. The van der Waals surface area contributed by atoms with E-state index in [-0.39, 0.29) is 0 Å². The SMILES string of the molecule is Nc1ccc(C(O)c2ccccc2)cc1N. The van der Waals surface area contributed by atoms with E-state index in [9.17, 15) is 5.11 Å². The first kappa shape index (κ1) is 10.5. The van der Waals surface area contributed by atoms with Gasteiger partial charge >= 0.3 is 0 Å². The van der Waals surface area contributed by atoms with Crippen molar-refractivity contribution in [3.63, 3.8) is 0 Å². The maximum Gasteiger partial charge on any atom is 0.104 e. The molecule has 0 bridgehead atoms. The van der Waals surface area contributed by atoms with Gasteiger partial charge < -0.3 is 16.6 Å². The van der Waals surface area contributed by atoms with Crippen LogP contribution in [0.2, 0.25) is 0 Å². The predicted octanol–water partition coefficient (Wildman–Crippen LogP) is 1.93. The third kappa shape index (κ3) is 1.99. The monoisotopic (exact) mass is 214 g/mol. The molecule has 82 valence electrons. The Kier molecular flexibility index (Phi) is 2.79. The summed E-state index contributed by atoms with van der Waals surface area (Å²) in [5, 5.41) is 10.1. The highest BCUT2D eigenvalue weighted by Crippen LogP contribution is 2.25. The van der Waals surface area contributed by atoms with Crippen LogP contribution in [0.3, 0.4) is 0 Å². The quantitative estimate of drug-likeness (QED) is 0.669. The zero-order chi connectivity index (χ0) is 11.5. The molecule has 5 N–H and O–H groups in total. The molecule has 1 atom stereocenters. The lowest BCUT2D eigenvalue weighted by atomic mass is 10.0. The van der Waals surface area contributed by atoms with E-state index in [4.69, 9.17) is 11.5 Å². The first-order valence-corrected chi connectivity index (χ1v) is 5.06. The molecule has 0 saturated heterocycles. The summed E-state index contributed by atoms with van der Waals surface area (Å²) in [5.41, 5.74) is 13.9. The minimum Gasteiger partial charge on any atom is -0.397 e. The van der Waals surface area contributed by atoms with Crippen LogP contribution in [0.1, 0.15) is 17.2 Å². The van der Waals surface area contributed by atoms with Gasteiger partial charge in [0.2, 0.25) is 0 Å². The predicted molar refractivity (Wildman–Crippen MR) is 65.8 cm³/mol. The number of nitrogen functional groups attached to an aromatic ring is 2. The average molecular weight is 214 g/mol. The number of hydrogen-bond acceptors (Lipinski definition) is 3. The van der Waals surface area contributed by atoms with Gasteiger partial charge in [-0.2, -0.15) is 0 Å². The standard InChI is InChI=1S/C13H14N2O/c14-11-7-6-10(8-12(11)15)13(16)9-4-2-1-3-5-9/h1-8,13,16H,14-15H2. The van der Waals surface area contributed by atoms with Gasteiger partial charge in [-0.3, -0.25) is 0 Å². The van der Waals surface area contributed by atoms with E-state index in [1.54, 1.807) is 18.2 Å². The summed E-state index contributed by atoms with van der Waals surface area (Å²) in [4.78, 5) is 0. The molecule has 16 heavy (non-hydrogen) atoms. The number of hydrogen-bond donors (Lipinski definition) is 3. The fourth-order valence-corrected chi connectivity index (χ4v) is 1.59. The number of nitrogens with two attached hydrogens (primary N) is 2. The Bertz CT molecular complexity index is 483. The van der Waals surface area contributed by atoms with E-state index in [0.717, 1.165) is 11.1 Å². The minimum absolute atomic E-state index is 0.493. The highest BCUT2D eigenvalue weighted by Gasteiger charge is 2.10. The van der Waals surface area contributed by atoms with Crippen LogP contribution in [-0.4, -0.2) is 5.11 Å². The van der Waals surface area contributed by atoms with E-state index in [2.05, 4.69) is 0 Å². The van der Waals surface area contributed by atoms with Crippen LogP contribution >= 0.6 is 0 Å². The highest BCUT2D eigenvalue weighted by atomic mass is 16.3. The average Bonchev–Trinajstić information content (AvgIpc) is 2.33. The highest BCUT2D eigenvalue weighted by molar-refractivity contribution is 5.64. The van der Waals surface area contributed by atoms with Crippen LogP contribution in [0.4, 0.5) is 11.4 Å². The van der Waals surface area contributed by atoms with Gasteiger partial charge in [-0.25, -0.2) is 0 Å². The second-order valence-electron chi connectivity index (χ2n) is 3.70. The zero-order valence-corrected chi connectivity index (χ0v) is 8.80. The molecule has 0 spiro atoms. The van der Waals surface area contributed by atoms with E-state index >= 15 is 0 Å². The Labute approximate surface area is 94.3 Å². The Morgan fingerprint density at radius 3 is 2.12 bits per heavy atom. The Morgan fingerprint density at radius 1 is 0.812 bits per heavy atom. The van der Waals surface area contributed by atoms with Crippen molar-refractivity contribution >= 4 is 11.4 Å². The van der Waals surface area contributed by atoms with E-state index in [0.29, 0.717) is 11.4 Å². The molecule has 0 amide bonds. The van der Waals surface area contributed by atoms with E-state index in [1.807, 2.05) is 30.3 Å². The van der Waals surface area contributed by atoms with Crippen molar-refractivity contribution < 1.29 is 5.11 Å². The van der Waals surface area contributed by atoms with Gasteiger partial charge in [-0.15, -0.1) is 0 Å². The van der Waals surface area contributed by atoms with Crippen molar-refractivity contribution in [1.82, 2.24) is 0 Å². The van der Waals surface area contributed by atoms with Crippen molar-refractivity contribution in [3.8, 4) is 0 Å². The molecule has 3 heteroatoms. The fraction of sp³-hybridized carbons (Fsp3) is 0.0769. The topological polar surface area (TPSA) is 72.3 Å². The van der Waals surface area contributed by atoms with Crippen LogP contribution in [-0.2, 0) is 0 Å². The second kappa shape index (κ2) is 4.24. The first-order chi connectivity index (χ1) is 7.68. The van der Waals surface area contributed by atoms with Crippen LogP contribution in [0.25, 0.3) is 0 Å². The molecule has 0 fully saturated rings. The summed E-state index contributed by atoms with van der Waals surface area (Å²) in [5.74, 6) is 0. The van der Waals surface area contributed by atoms with Gasteiger partial charge in [-0.1, -0.05) is 36.4 Å². The van der Waals surface area contributed by atoms with Crippen molar-refractivity contribution in [2.45, 2.75) is 6.10 Å². The molecular weight excluding hydrogens is 200 g/mol. The fourth-order valence-electron chi connectivity index (χ4n) is 1.59. The number of rotatable bonds is 2. The molecule has 0 aromatic heterocycles. The molecule has 2 aromatic rings. The summed E-state index contributed by atoms with van der Waals surface area (Å²) >= 11 is 0. The van der Waals surface area contributed by atoms with Gasteiger partial charge in [0.25, 0.3) is 0 Å². The van der Waals surface area contributed by atoms with Gasteiger partial charge in [0, 0.05) is 0 Å². The number of aliphatic hydroxyl groups is 1. The summed E-state index contributed by atoms with van der Waals surface area (Å²) in [6, 6.07) is 14.6. The summed E-state index contributed by atoms with van der Waals surface area (Å²) in [6.45, 7) is 0. The molecule has 2 aromatic carbocycles. The van der Waals surface area contributed by atoms with Gasteiger partial charge in [-0.05, 0) is 23.3 Å². The molecule has 0 radical (unpaired) electrons. The Hall–Kier alpha value is -2.00. The second-order valence-corrected chi connectivity index (χ2v) is 3.70. The van der Waals surface area contributed by atoms with Crippen molar-refractivity contribution in [2.24, 2.45) is 0 Å². The summed E-state index contributed by atoms with van der Waals surface area (Å²) in [6.07, 6.45) is -0.663. The van der Waals surface area contributed by atoms with Crippen molar-refractivity contribution in [1.29, 1.82) is 0 Å². The van der Waals surface area contributed by atoms with Gasteiger partial charge in [0.15, 0.2) is 0 Å². The molecule has 0 aliphatic rings. The number of anilines is 2. The van der Waals surface area contributed by atoms with E-state index < -0.39 is 6.10 Å². The van der Waals surface area contributed by atoms with Gasteiger partial charge in [0.05, 0.1) is 11.4 Å². The first-order valence-electron chi connectivity index (χ1n) is 5.06. The maximum atomic E-state index is 10.1. The van der Waals surface area contributed by atoms with Crippen molar-refractivity contribution in [3.05, 3.63) is 59.7 Å². The zero-order valence-electron chi connectivity index (χ0n) is 8.80. The third-order valence-corrected chi connectivity index (χ3v) is 2.54. The lowest BCUT2D eigenvalue weighted by Gasteiger charge is -2.12. The van der Waals surface area contributed by atoms with Crippen LogP contribution < -0.4 is 11.5 Å². The minimum atomic E-state index is -0.663. The Balaban J connectivity index is 2.34. The van der Waals surface area contributed by atoms with Crippen LogP contribution in [0, 0.1) is 0 Å². The normalized spacial score (nSPS) is 12.3. The molecule has 2 rings (SSSR count). The lowest BCUT2D eigenvalue weighted by Crippen LogP contribution is -2.02. The third-order valence-electron chi connectivity index (χ3n) is 2.54. The van der Waals surface area contributed by atoms with E-state index in [1.165, 1.54) is 0 Å². The largest absolute Gasteiger partial charge is 0.397 e. The molecular formula is C13H14N2O. The van der Waals surface area contributed by atoms with Crippen LogP contribution in [0.15, 0.2) is 48.5 Å². The summed E-state index contributed by atoms with van der Waals surface area (Å²) < 4.78 is 0. The molecule has 3 nitrogen and oxygen atoms in total. The van der Waals surface area contributed by atoms with Crippen molar-refractivity contribution in [2.75, 3.05) is 11.5 Å². The smallest absolute Gasteiger partial charge is 0.104 e. The number of benzene rings is 2. The lowest BCUT2D eigenvalue weighted by molar-refractivity contribution is 0.220. The molecule has 0 heterocycles. The Morgan fingerprint density at radius 2 is 1.50 bits per heavy atom.